The smallest absolute Gasteiger partial charge is 0.293 e. The lowest BCUT2D eigenvalue weighted by Gasteiger charge is -2.07. The van der Waals surface area contributed by atoms with Gasteiger partial charge in [-0.05, 0) is 29.7 Å². The van der Waals surface area contributed by atoms with Gasteiger partial charge in [0, 0.05) is 11.3 Å². The van der Waals surface area contributed by atoms with Gasteiger partial charge >= 0.3 is 0 Å². The van der Waals surface area contributed by atoms with Crippen LogP contribution in [0.15, 0.2) is 40.8 Å². The van der Waals surface area contributed by atoms with E-state index in [2.05, 4.69) is 36.2 Å². The van der Waals surface area contributed by atoms with Gasteiger partial charge in [-0.25, -0.2) is 0 Å². The number of oxazole rings is 1. The lowest BCUT2D eigenvalue weighted by atomic mass is 10.0. The summed E-state index contributed by atoms with van der Waals surface area (Å²) in [5.41, 5.74) is 16.9. The molecule has 0 amide bonds. The summed E-state index contributed by atoms with van der Waals surface area (Å²) in [6.07, 6.45) is 1.01. The number of nitrogens with zero attached hydrogens (tertiary/aromatic N) is 1. The highest BCUT2D eigenvalue weighted by Crippen LogP contribution is 2.34. The number of nitrogen functional groups attached to an aromatic ring is 2. The van der Waals surface area contributed by atoms with E-state index in [1.807, 2.05) is 6.07 Å². The average molecular weight is 253 g/mol. The minimum atomic E-state index is 0.159. The van der Waals surface area contributed by atoms with Crippen molar-refractivity contribution in [3.05, 3.63) is 42.0 Å². The molecule has 1 aromatic heterocycles. The Morgan fingerprint density at radius 1 is 1.05 bits per heavy atom. The van der Waals surface area contributed by atoms with Gasteiger partial charge < -0.3 is 15.9 Å². The average Bonchev–Trinajstić information content (AvgIpc) is 2.79. The number of hydrogen-bond donors (Lipinski definition) is 2. The van der Waals surface area contributed by atoms with Crippen molar-refractivity contribution in [1.82, 2.24) is 4.98 Å². The normalized spacial score (nSPS) is 11.0. The second-order valence-electron chi connectivity index (χ2n) is 4.48. The number of rotatable bonds is 2. The first-order valence-electron chi connectivity index (χ1n) is 6.23. The molecule has 3 rings (SSSR count). The van der Waals surface area contributed by atoms with Crippen molar-refractivity contribution in [1.29, 1.82) is 0 Å². The summed E-state index contributed by atoms with van der Waals surface area (Å²) < 4.78 is 5.34. The van der Waals surface area contributed by atoms with E-state index >= 15 is 0 Å². The summed E-state index contributed by atoms with van der Waals surface area (Å²) in [4.78, 5) is 4.22. The second-order valence-corrected chi connectivity index (χ2v) is 4.48. The Morgan fingerprint density at radius 3 is 2.47 bits per heavy atom. The molecule has 0 spiro atoms. The fourth-order valence-corrected chi connectivity index (χ4v) is 2.24. The predicted octanol–water partition coefficient (Wildman–Crippen LogP) is 3.22. The molecular formula is C15H15N3O. The Hall–Kier alpha value is -2.49. The largest absolute Gasteiger partial charge is 0.424 e. The fraction of sp³-hybridized carbons (Fsp3) is 0.133. The molecule has 0 aliphatic carbocycles. The summed E-state index contributed by atoms with van der Waals surface area (Å²) in [7, 11) is 0. The topological polar surface area (TPSA) is 78.1 Å². The molecule has 0 unspecified atom stereocenters. The Balaban J connectivity index is 2.24. The number of benzene rings is 2. The third-order valence-corrected chi connectivity index (χ3v) is 3.26. The highest BCUT2D eigenvalue weighted by atomic mass is 16.4. The molecule has 0 fully saturated rings. The monoisotopic (exact) mass is 253 g/mol. The molecule has 0 aliphatic rings. The second kappa shape index (κ2) is 4.31. The number of aryl methyl sites for hydroxylation is 1. The van der Waals surface area contributed by atoms with E-state index in [0.717, 1.165) is 17.5 Å². The van der Waals surface area contributed by atoms with Gasteiger partial charge in [0.05, 0.1) is 0 Å². The van der Waals surface area contributed by atoms with Crippen LogP contribution in [0.5, 0.6) is 0 Å². The molecule has 3 aromatic rings. The summed E-state index contributed by atoms with van der Waals surface area (Å²) in [6.45, 7) is 2.13. The number of hydrogen-bond acceptors (Lipinski definition) is 4. The summed E-state index contributed by atoms with van der Waals surface area (Å²) in [6, 6.07) is 12.1. The zero-order valence-corrected chi connectivity index (χ0v) is 10.7. The lowest BCUT2D eigenvalue weighted by molar-refractivity contribution is 0.626. The predicted molar refractivity (Wildman–Crippen MR) is 77.6 cm³/mol. The summed E-state index contributed by atoms with van der Waals surface area (Å²) in [5.74, 6) is 0. The maximum atomic E-state index is 6.08. The maximum Gasteiger partial charge on any atom is 0.293 e. The van der Waals surface area contributed by atoms with Gasteiger partial charge in [0.15, 0.2) is 5.58 Å². The number of aromatic nitrogens is 1. The van der Waals surface area contributed by atoms with Crippen LogP contribution in [-0.2, 0) is 6.42 Å². The number of fused-ring (bicyclic) bond motifs is 1. The number of nitrogens with two attached hydrogens (primary N) is 2. The van der Waals surface area contributed by atoms with Gasteiger partial charge in [-0.1, -0.05) is 31.2 Å². The zero-order valence-electron chi connectivity index (χ0n) is 10.7. The first kappa shape index (κ1) is 11.6. The van der Waals surface area contributed by atoms with Crippen molar-refractivity contribution in [3.63, 3.8) is 0 Å². The molecule has 0 saturated heterocycles. The van der Waals surface area contributed by atoms with Gasteiger partial charge in [0.2, 0.25) is 0 Å². The van der Waals surface area contributed by atoms with Crippen LogP contribution in [0, 0.1) is 0 Å². The highest BCUT2D eigenvalue weighted by molar-refractivity contribution is 5.98. The van der Waals surface area contributed by atoms with E-state index in [-0.39, 0.29) is 6.01 Å². The quantitative estimate of drug-likeness (QED) is 0.687. The van der Waals surface area contributed by atoms with Gasteiger partial charge in [0.1, 0.15) is 5.52 Å². The minimum absolute atomic E-state index is 0.159. The number of anilines is 2. The Kier molecular flexibility index (Phi) is 2.63. The van der Waals surface area contributed by atoms with Gasteiger partial charge in [-0.3, -0.25) is 0 Å². The van der Waals surface area contributed by atoms with E-state index in [1.165, 1.54) is 5.56 Å². The highest BCUT2D eigenvalue weighted by Gasteiger charge is 2.13. The molecule has 2 aromatic carbocycles. The van der Waals surface area contributed by atoms with Crippen molar-refractivity contribution in [2.24, 2.45) is 0 Å². The van der Waals surface area contributed by atoms with Crippen molar-refractivity contribution >= 4 is 22.8 Å². The Morgan fingerprint density at radius 2 is 1.79 bits per heavy atom. The lowest BCUT2D eigenvalue weighted by Crippen LogP contribution is -1.92. The fourth-order valence-electron chi connectivity index (χ4n) is 2.24. The minimum Gasteiger partial charge on any atom is -0.424 e. The molecule has 4 heteroatoms. The van der Waals surface area contributed by atoms with E-state index in [4.69, 9.17) is 15.9 Å². The summed E-state index contributed by atoms with van der Waals surface area (Å²) >= 11 is 0. The van der Waals surface area contributed by atoms with Crippen LogP contribution in [0.3, 0.4) is 0 Å². The molecule has 0 bridgehead atoms. The van der Waals surface area contributed by atoms with Crippen LogP contribution in [0.1, 0.15) is 12.5 Å². The van der Waals surface area contributed by atoms with Crippen LogP contribution in [0.2, 0.25) is 0 Å². The first-order chi connectivity index (χ1) is 9.19. The summed E-state index contributed by atoms with van der Waals surface area (Å²) in [5, 5.41) is 0. The molecule has 4 nitrogen and oxygen atoms in total. The maximum absolute atomic E-state index is 6.08. The third-order valence-electron chi connectivity index (χ3n) is 3.26. The van der Waals surface area contributed by atoms with Gasteiger partial charge in [-0.15, -0.1) is 0 Å². The zero-order chi connectivity index (χ0) is 13.4. The van der Waals surface area contributed by atoms with E-state index in [9.17, 15) is 0 Å². The van der Waals surface area contributed by atoms with Crippen molar-refractivity contribution in [3.8, 4) is 11.1 Å². The molecule has 0 aliphatic heterocycles. The molecule has 4 N–H and O–H groups in total. The van der Waals surface area contributed by atoms with Crippen molar-refractivity contribution in [2.75, 3.05) is 11.5 Å². The molecule has 0 radical (unpaired) electrons. The molecule has 0 saturated carbocycles. The third kappa shape index (κ3) is 1.91. The van der Waals surface area contributed by atoms with Crippen molar-refractivity contribution in [2.45, 2.75) is 13.3 Å². The molecule has 0 atom stereocenters. The molecular weight excluding hydrogens is 238 g/mol. The van der Waals surface area contributed by atoms with Gasteiger partial charge in [-0.2, -0.15) is 4.98 Å². The van der Waals surface area contributed by atoms with Crippen LogP contribution in [0.25, 0.3) is 22.2 Å². The van der Waals surface area contributed by atoms with E-state index < -0.39 is 0 Å². The Labute approximate surface area is 111 Å². The van der Waals surface area contributed by atoms with Crippen LogP contribution >= 0.6 is 0 Å². The van der Waals surface area contributed by atoms with Gasteiger partial charge in [0.25, 0.3) is 6.01 Å². The van der Waals surface area contributed by atoms with E-state index in [1.54, 1.807) is 6.07 Å². The van der Waals surface area contributed by atoms with Crippen molar-refractivity contribution < 1.29 is 4.42 Å². The van der Waals surface area contributed by atoms with Crippen LogP contribution in [-0.4, -0.2) is 4.98 Å². The first-order valence-corrected chi connectivity index (χ1v) is 6.23. The Bertz CT molecular complexity index is 729. The molecule has 19 heavy (non-hydrogen) atoms. The van der Waals surface area contributed by atoms with E-state index in [0.29, 0.717) is 16.8 Å². The molecule has 96 valence electrons. The SMILES string of the molecule is CCc1ccc(-c2c(N)ccc3oc(N)nc23)cc1. The van der Waals surface area contributed by atoms with Crippen LogP contribution in [0.4, 0.5) is 11.7 Å². The van der Waals surface area contributed by atoms with Crippen LogP contribution < -0.4 is 11.5 Å². The standard InChI is InChI=1S/C15H15N3O/c1-2-9-3-5-10(6-4-9)13-11(16)7-8-12-14(13)18-15(17)19-12/h3-8H,2,16H2,1H3,(H2,17,18). The molecule has 1 heterocycles.